The van der Waals surface area contributed by atoms with Gasteiger partial charge in [0.05, 0.1) is 4.90 Å². The van der Waals surface area contributed by atoms with E-state index in [9.17, 15) is 13.2 Å². The Bertz CT molecular complexity index is 734. The lowest BCUT2D eigenvalue weighted by Crippen LogP contribution is -2.48. The molecular formula is C19H29N3O3S. The van der Waals surface area contributed by atoms with E-state index in [0.29, 0.717) is 24.2 Å². The first-order valence-corrected chi connectivity index (χ1v) is 10.9. The molecule has 2 aliphatic heterocycles. The molecule has 0 aromatic heterocycles. The van der Waals surface area contributed by atoms with Crippen LogP contribution >= 0.6 is 0 Å². The predicted octanol–water partition coefficient (Wildman–Crippen LogP) is 1.98. The number of hydrogen-bond donors (Lipinski definition) is 2. The summed E-state index contributed by atoms with van der Waals surface area (Å²) in [7, 11) is -1.67. The zero-order chi connectivity index (χ0) is 18.9. The number of benzene rings is 1. The molecule has 1 aromatic carbocycles. The molecule has 1 aromatic rings. The van der Waals surface area contributed by atoms with Gasteiger partial charge in [-0.05, 0) is 55.9 Å². The summed E-state index contributed by atoms with van der Waals surface area (Å²) in [5.74, 6) is 0.190. The van der Waals surface area contributed by atoms with Gasteiger partial charge in [0.1, 0.15) is 0 Å². The number of piperidine rings is 1. The standard InChI is InChI=1S/C19H29N3O3S/c1-13(2)12-20-26(24,25)18-8-4-14(5-9-18)19(23)22(3)17-10-15-6-7-16(11-17)21-15/h4-5,8-9,13,15-17,20-21H,6-7,10-12H2,1-3H3. The van der Waals surface area contributed by atoms with Crippen molar-refractivity contribution in [3.63, 3.8) is 0 Å². The number of fused-ring (bicyclic) bond motifs is 2. The first-order chi connectivity index (χ1) is 12.3. The van der Waals surface area contributed by atoms with Crippen molar-refractivity contribution in [2.45, 2.75) is 62.6 Å². The second-order valence-corrected chi connectivity index (χ2v) is 9.72. The molecule has 2 unspecified atom stereocenters. The van der Waals surface area contributed by atoms with E-state index >= 15 is 0 Å². The van der Waals surface area contributed by atoms with Crippen LogP contribution in [0, 0.1) is 5.92 Å². The molecule has 2 atom stereocenters. The van der Waals surface area contributed by atoms with Crippen molar-refractivity contribution in [2.75, 3.05) is 13.6 Å². The Morgan fingerprint density at radius 2 is 1.77 bits per heavy atom. The molecular weight excluding hydrogens is 350 g/mol. The third-order valence-corrected chi connectivity index (χ3v) is 6.85. The number of nitrogens with zero attached hydrogens (tertiary/aromatic N) is 1. The molecule has 0 spiro atoms. The molecule has 2 saturated heterocycles. The molecule has 0 radical (unpaired) electrons. The monoisotopic (exact) mass is 379 g/mol. The van der Waals surface area contributed by atoms with Gasteiger partial charge in [0, 0.05) is 37.3 Å². The maximum Gasteiger partial charge on any atom is 0.253 e. The molecule has 1 amide bonds. The van der Waals surface area contributed by atoms with Crippen LogP contribution in [-0.2, 0) is 10.0 Å². The molecule has 26 heavy (non-hydrogen) atoms. The molecule has 2 fully saturated rings. The molecule has 2 bridgehead atoms. The van der Waals surface area contributed by atoms with Crippen LogP contribution in [0.25, 0.3) is 0 Å². The number of sulfonamides is 1. The van der Waals surface area contributed by atoms with E-state index in [2.05, 4.69) is 10.0 Å². The van der Waals surface area contributed by atoms with Gasteiger partial charge in [-0.1, -0.05) is 13.8 Å². The number of nitrogens with one attached hydrogen (secondary N) is 2. The Hall–Kier alpha value is -1.44. The lowest BCUT2D eigenvalue weighted by atomic mass is 9.98. The summed E-state index contributed by atoms with van der Waals surface area (Å²) in [6.45, 7) is 4.30. The van der Waals surface area contributed by atoms with Crippen molar-refractivity contribution >= 4 is 15.9 Å². The highest BCUT2D eigenvalue weighted by Gasteiger charge is 2.36. The van der Waals surface area contributed by atoms with Gasteiger partial charge >= 0.3 is 0 Å². The van der Waals surface area contributed by atoms with Crippen molar-refractivity contribution in [3.05, 3.63) is 29.8 Å². The Balaban J connectivity index is 1.67. The van der Waals surface area contributed by atoms with Crippen LogP contribution in [-0.4, -0.2) is 50.9 Å². The van der Waals surface area contributed by atoms with E-state index in [4.69, 9.17) is 0 Å². The molecule has 0 saturated carbocycles. The van der Waals surface area contributed by atoms with Gasteiger partial charge in [-0.15, -0.1) is 0 Å². The molecule has 6 nitrogen and oxygen atoms in total. The minimum atomic E-state index is -3.53. The molecule has 2 N–H and O–H groups in total. The fourth-order valence-electron chi connectivity index (χ4n) is 3.85. The lowest BCUT2D eigenvalue weighted by molar-refractivity contribution is 0.0681. The summed E-state index contributed by atoms with van der Waals surface area (Å²) in [5, 5.41) is 3.59. The fraction of sp³-hybridized carbons (Fsp3) is 0.632. The van der Waals surface area contributed by atoms with E-state index in [1.807, 2.05) is 25.8 Å². The second-order valence-electron chi connectivity index (χ2n) is 7.95. The zero-order valence-electron chi connectivity index (χ0n) is 15.7. The van der Waals surface area contributed by atoms with Gasteiger partial charge in [-0.3, -0.25) is 4.79 Å². The summed E-state index contributed by atoms with van der Waals surface area (Å²) < 4.78 is 27.1. The number of carbonyl (C=O) groups excluding carboxylic acids is 1. The molecule has 2 heterocycles. The second kappa shape index (κ2) is 7.66. The van der Waals surface area contributed by atoms with Crippen molar-refractivity contribution in [3.8, 4) is 0 Å². The van der Waals surface area contributed by atoms with Crippen LogP contribution in [0.15, 0.2) is 29.2 Å². The lowest BCUT2D eigenvalue weighted by Gasteiger charge is -2.35. The van der Waals surface area contributed by atoms with Crippen molar-refractivity contribution in [1.29, 1.82) is 0 Å². The van der Waals surface area contributed by atoms with E-state index in [0.717, 1.165) is 12.8 Å². The number of carbonyl (C=O) groups is 1. The van der Waals surface area contributed by atoms with E-state index in [1.54, 1.807) is 12.1 Å². The summed E-state index contributed by atoms with van der Waals surface area (Å²) in [5.41, 5.74) is 0.529. The molecule has 3 rings (SSSR count). The predicted molar refractivity (Wildman–Crippen MR) is 102 cm³/mol. The van der Waals surface area contributed by atoms with Gasteiger partial charge in [0.25, 0.3) is 5.91 Å². The highest BCUT2D eigenvalue weighted by molar-refractivity contribution is 7.89. The van der Waals surface area contributed by atoms with Gasteiger partial charge in [-0.25, -0.2) is 13.1 Å². The van der Waals surface area contributed by atoms with Crippen LogP contribution in [0.5, 0.6) is 0 Å². The first kappa shape index (κ1) is 19.3. The third kappa shape index (κ3) is 4.27. The topological polar surface area (TPSA) is 78.5 Å². The third-order valence-electron chi connectivity index (χ3n) is 5.41. The van der Waals surface area contributed by atoms with Crippen LogP contribution in [0.2, 0.25) is 0 Å². The van der Waals surface area contributed by atoms with Gasteiger partial charge in [-0.2, -0.15) is 0 Å². The minimum absolute atomic E-state index is 0.0459. The Morgan fingerprint density at radius 1 is 1.19 bits per heavy atom. The summed E-state index contributed by atoms with van der Waals surface area (Å²) >= 11 is 0. The Kier molecular flexibility index (Phi) is 5.69. The maximum atomic E-state index is 12.8. The van der Waals surface area contributed by atoms with Crippen molar-refractivity contribution < 1.29 is 13.2 Å². The summed E-state index contributed by atoms with van der Waals surface area (Å²) in [4.78, 5) is 14.8. The average molecular weight is 380 g/mol. The van der Waals surface area contributed by atoms with Crippen molar-refractivity contribution in [2.24, 2.45) is 5.92 Å². The van der Waals surface area contributed by atoms with E-state index < -0.39 is 10.0 Å². The highest BCUT2D eigenvalue weighted by atomic mass is 32.2. The van der Waals surface area contributed by atoms with Crippen LogP contribution < -0.4 is 10.0 Å². The minimum Gasteiger partial charge on any atom is -0.339 e. The Labute approximate surface area is 156 Å². The van der Waals surface area contributed by atoms with Crippen LogP contribution in [0.4, 0.5) is 0 Å². The largest absolute Gasteiger partial charge is 0.339 e. The molecule has 144 valence electrons. The molecule has 0 aliphatic carbocycles. The van der Waals surface area contributed by atoms with Crippen LogP contribution in [0.1, 0.15) is 49.9 Å². The summed E-state index contributed by atoms with van der Waals surface area (Å²) in [6.07, 6.45) is 4.37. The summed E-state index contributed by atoms with van der Waals surface area (Å²) in [6, 6.07) is 7.53. The quantitative estimate of drug-likeness (QED) is 0.792. The smallest absolute Gasteiger partial charge is 0.253 e. The average Bonchev–Trinajstić information content (AvgIpc) is 2.96. The Morgan fingerprint density at radius 3 is 2.31 bits per heavy atom. The SMILES string of the molecule is CC(C)CNS(=O)(=O)c1ccc(C(=O)N(C)C2CC3CCC(C2)N3)cc1. The van der Waals surface area contributed by atoms with Crippen molar-refractivity contribution in [1.82, 2.24) is 14.9 Å². The van der Waals surface area contributed by atoms with Crippen LogP contribution in [0.3, 0.4) is 0 Å². The highest BCUT2D eigenvalue weighted by Crippen LogP contribution is 2.29. The van der Waals surface area contributed by atoms with Gasteiger partial charge in [0.2, 0.25) is 10.0 Å². The molecule has 2 aliphatic rings. The fourth-order valence-corrected chi connectivity index (χ4v) is 5.06. The number of amides is 1. The van der Waals surface area contributed by atoms with Gasteiger partial charge < -0.3 is 10.2 Å². The zero-order valence-corrected chi connectivity index (χ0v) is 16.6. The van der Waals surface area contributed by atoms with Gasteiger partial charge in [0.15, 0.2) is 0 Å². The first-order valence-electron chi connectivity index (χ1n) is 9.39. The number of rotatable bonds is 6. The van der Waals surface area contributed by atoms with E-state index in [-0.39, 0.29) is 22.8 Å². The normalized spacial score (nSPS) is 25.5. The van der Waals surface area contributed by atoms with E-state index in [1.165, 1.54) is 25.0 Å². The maximum absolute atomic E-state index is 12.8. The molecule has 7 heteroatoms. The number of hydrogen-bond acceptors (Lipinski definition) is 4.